The number of aryl methyl sites for hydroxylation is 2. The van der Waals surface area contributed by atoms with Gasteiger partial charge in [-0.3, -0.25) is 9.59 Å². The lowest BCUT2D eigenvalue weighted by atomic mass is 9.90. The third-order valence-electron chi connectivity index (χ3n) is 4.13. The van der Waals surface area contributed by atoms with Gasteiger partial charge in [-0.25, -0.2) is 0 Å². The van der Waals surface area contributed by atoms with Crippen LogP contribution in [0.3, 0.4) is 0 Å². The average Bonchev–Trinajstić information content (AvgIpc) is 2.46. The molecular weight excluding hydrogens is 280 g/mol. The van der Waals surface area contributed by atoms with Gasteiger partial charge in [-0.2, -0.15) is 0 Å². The molecule has 1 unspecified atom stereocenters. The number of nitrogens with zero attached hydrogens (tertiary/aromatic N) is 1. The Balaban J connectivity index is 2.15. The first-order chi connectivity index (χ1) is 10.5. The molecule has 120 valence electrons. The molecule has 0 radical (unpaired) electrons. The predicted molar refractivity (Wildman–Crippen MR) is 85.3 cm³/mol. The number of nitrogens with one attached hydrogen (secondary N) is 1. The van der Waals surface area contributed by atoms with E-state index in [0.29, 0.717) is 12.1 Å². The van der Waals surface area contributed by atoms with E-state index < -0.39 is 11.9 Å². The quantitative estimate of drug-likeness (QED) is 0.779. The van der Waals surface area contributed by atoms with E-state index in [0.717, 1.165) is 37.3 Å². The molecular formula is C17H24N2O3. The number of ketones is 1. The minimum Gasteiger partial charge on any atom is -0.481 e. The van der Waals surface area contributed by atoms with Gasteiger partial charge in [0.2, 0.25) is 0 Å². The fourth-order valence-electron chi connectivity index (χ4n) is 2.97. The van der Waals surface area contributed by atoms with Gasteiger partial charge in [-0.15, -0.1) is 0 Å². The molecule has 1 heterocycles. The van der Waals surface area contributed by atoms with Crippen LogP contribution in [-0.4, -0.2) is 54.5 Å². The van der Waals surface area contributed by atoms with E-state index >= 15 is 0 Å². The van der Waals surface area contributed by atoms with Crippen molar-refractivity contribution in [3.8, 4) is 0 Å². The molecule has 0 bridgehead atoms. The monoisotopic (exact) mass is 304 g/mol. The third-order valence-corrected chi connectivity index (χ3v) is 4.13. The van der Waals surface area contributed by atoms with Crippen LogP contribution < -0.4 is 5.32 Å². The largest absolute Gasteiger partial charge is 0.481 e. The summed E-state index contributed by atoms with van der Waals surface area (Å²) in [5, 5.41) is 12.4. The van der Waals surface area contributed by atoms with Crippen LogP contribution in [0.25, 0.3) is 0 Å². The number of piperazine rings is 1. The molecule has 1 aromatic rings. The Morgan fingerprint density at radius 1 is 1.27 bits per heavy atom. The van der Waals surface area contributed by atoms with Crippen LogP contribution in [0.15, 0.2) is 18.2 Å². The van der Waals surface area contributed by atoms with Gasteiger partial charge in [0.05, 0.1) is 6.42 Å². The highest BCUT2D eigenvalue weighted by molar-refractivity contribution is 6.00. The van der Waals surface area contributed by atoms with Crippen LogP contribution in [0.2, 0.25) is 0 Å². The van der Waals surface area contributed by atoms with Crippen molar-refractivity contribution in [1.29, 1.82) is 0 Å². The van der Waals surface area contributed by atoms with Crippen LogP contribution in [0.1, 0.15) is 27.9 Å². The summed E-state index contributed by atoms with van der Waals surface area (Å²) in [5.74, 6) is -1.46. The smallest absolute Gasteiger partial charge is 0.304 e. The van der Waals surface area contributed by atoms with Crippen molar-refractivity contribution in [2.75, 3.05) is 32.7 Å². The van der Waals surface area contributed by atoms with Gasteiger partial charge in [0.15, 0.2) is 5.78 Å². The van der Waals surface area contributed by atoms with E-state index in [4.69, 9.17) is 5.11 Å². The van der Waals surface area contributed by atoms with Crippen molar-refractivity contribution in [3.05, 3.63) is 34.9 Å². The average molecular weight is 304 g/mol. The van der Waals surface area contributed by atoms with Crippen molar-refractivity contribution in [3.63, 3.8) is 0 Å². The molecule has 1 atom stereocenters. The molecule has 1 saturated heterocycles. The lowest BCUT2D eigenvalue weighted by molar-refractivity contribution is -0.137. The maximum Gasteiger partial charge on any atom is 0.304 e. The van der Waals surface area contributed by atoms with Crippen molar-refractivity contribution >= 4 is 11.8 Å². The topological polar surface area (TPSA) is 69.6 Å². The van der Waals surface area contributed by atoms with Crippen molar-refractivity contribution in [1.82, 2.24) is 10.2 Å². The fourth-order valence-corrected chi connectivity index (χ4v) is 2.97. The van der Waals surface area contributed by atoms with E-state index in [-0.39, 0.29) is 12.2 Å². The van der Waals surface area contributed by atoms with E-state index in [9.17, 15) is 9.59 Å². The zero-order valence-corrected chi connectivity index (χ0v) is 13.3. The Bertz CT molecular complexity index is 551. The number of carboxylic acid groups (broad SMARTS) is 1. The van der Waals surface area contributed by atoms with E-state index in [1.807, 2.05) is 32.0 Å². The maximum atomic E-state index is 12.8. The first-order valence-electron chi connectivity index (χ1n) is 7.73. The van der Waals surface area contributed by atoms with Gasteiger partial charge >= 0.3 is 5.97 Å². The first-order valence-corrected chi connectivity index (χ1v) is 7.73. The summed E-state index contributed by atoms with van der Waals surface area (Å²) in [7, 11) is 0. The number of aliphatic carboxylic acids is 1. The number of rotatable bonds is 6. The number of carboxylic acids is 1. The zero-order chi connectivity index (χ0) is 16.1. The van der Waals surface area contributed by atoms with Gasteiger partial charge in [0.25, 0.3) is 0 Å². The molecule has 1 aliphatic rings. The normalized spacial score (nSPS) is 17.2. The van der Waals surface area contributed by atoms with Crippen LogP contribution in [0, 0.1) is 19.8 Å². The minimum absolute atomic E-state index is 0.0570. The molecule has 0 spiro atoms. The number of carbonyl (C=O) groups excluding carboxylic acids is 1. The Labute approximate surface area is 131 Å². The lowest BCUT2D eigenvalue weighted by Crippen LogP contribution is -2.46. The van der Waals surface area contributed by atoms with Crippen molar-refractivity contribution in [2.24, 2.45) is 5.92 Å². The second kappa shape index (κ2) is 7.51. The molecule has 5 heteroatoms. The molecule has 0 saturated carbocycles. The van der Waals surface area contributed by atoms with Gasteiger partial charge in [-0.1, -0.05) is 23.8 Å². The van der Waals surface area contributed by atoms with Crippen LogP contribution in [0.5, 0.6) is 0 Å². The third kappa shape index (κ3) is 4.39. The lowest BCUT2D eigenvalue weighted by Gasteiger charge is -2.30. The summed E-state index contributed by atoms with van der Waals surface area (Å²) in [6.45, 7) is 7.89. The Morgan fingerprint density at radius 3 is 2.55 bits per heavy atom. The second-order valence-corrected chi connectivity index (χ2v) is 6.03. The highest BCUT2D eigenvalue weighted by Crippen LogP contribution is 2.19. The van der Waals surface area contributed by atoms with E-state index in [1.54, 1.807) is 0 Å². The van der Waals surface area contributed by atoms with E-state index in [1.165, 1.54) is 0 Å². The molecule has 0 aromatic heterocycles. The predicted octanol–water partition coefficient (Wildman–Crippen LogP) is 1.48. The Kier molecular flexibility index (Phi) is 5.69. The number of hydrogen-bond acceptors (Lipinski definition) is 4. The maximum absolute atomic E-state index is 12.8. The molecule has 22 heavy (non-hydrogen) atoms. The SMILES string of the molecule is Cc1ccc(C(=O)C(CC(=O)O)CN2CCNCC2)c(C)c1. The van der Waals surface area contributed by atoms with Crippen molar-refractivity contribution < 1.29 is 14.7 Å². The Morgan fingerprint density at radius 2 is 1.95 bits per heavy atom. The molecule has 1 aromatic carbocycles. The number of benzene rings is 1. The zero-order valence-electron chi connectivity index (χ0n) is 13.3. The van der Waals surface area contributed by atoms with Crippen LogP contribution in [0.4, 0.5) is 0 Å². The van der Waals surface area contributed by atoms with Gasteiger partial charge in [-0.05, 0) is 19.4 Å². The summed E-state index contributed by atoms with van der Waals surface area (Å²) in [6, 6.07) is 5.69. The van der Waals surface area contributed by atoms with E-state index in [2.05, 4.69) is 10.2 Å². The highest BCUT2D eigenvalue weighted by atomic mass is 16.4. The van der Waals surface area contributed by atoms with Crippen molar-refractivity contribution in [2.45, 2.75) is 20.3 Å². The molecule has 1 aliphatic heterocycles. The fraction of sp³-hybridized carbons (Fsp3) is 0.529. The number of Topliss-reactive ketones (excluding diaryl/α,β-unsaturated/α-hetero) is 1. The summed E-state index contributed by atoms with van der Waals surface area (Å²) in [6.07, 6.45) is -0.115. The van der Waals surface area contributed by atoms with Gasteiger partial charge < -0.3 is 15.3 Å². The van der Waals surface area contributed by atoms with Gasteiger partial charge in [0.1, 0.15) is 0 Å². The van der Waals surface area contributed by atoms with Gasteiger partial charge in [0, 0.05) is 44.2 Å². The van der Waals surface area contributed by atoms with Crippen LogP contribution in [-0.2, 0) is 4.79 Å². The standard InChI is InChI=1S/C17H24N2O3/c1-12-3-4-15(13(2)9-12)17(22)14(10-16(20)21)11-19-7-5-18-6-8-19/h3-4,9,14,18H,5-8,10-11H2,1-2H3,(H,20,21). The number of carbonyl (C=O) groups is 2. The molecule has 0 aliphatic carbocycles. The highest BCUT2D eigenvalue weighted by Gasteiger charge is 2.27. The molecule has 0 amide bonds. The summed E-state index contributed by atoms with van der Waals surface area (Å²) < 4.78 is 0. The Hall–Kier alpha value is -1.72. The summed E-state index contributed by atoms with van der Waals surface area (Å²) in [5.41, 5.74) is 2.67. The molecule has 1 fully saturated rings. The molecule has 2 N–H and O–H groups in total. The molecule has 5 nitrogen and oxygen atoms in total. The summed E-state index contributed by atoms with van der Waals surface area (Å²) in [4.78, 5) is 26.1. The summed E-state index contributed by atoms with van der Waals surface area (Å²) >= 11 is 0. The van der Waals surface area contributed by atoms with Crippen LogP contribution >= 0.6 is 0 Å². The second-order valence-electron chi connectivity index (χ2n) is 6.03. The molecule has 2 rings (SSSR count). The number of hydrogen-bond donors (Lipinski definition) is 2. The first kappa shape index (κ1) is 16.6. The minimum atomic E-state index is -0.918.